The van der Waals surface area contributed by atoms with Gasteiger partial charge in [0.1, 0.15) is 0 Å². The fraction of sp³-hybridized carbons (Fsp3) is 0.429. The number of hydrogen-bond donors (Lipinski definition) is 0. The van der Waals surface area contributed by atoms with Crippen LogP contribution in [0.15, 0.2) is 47.7 Å². The monoisotopic (exact) mass is 376 g/mol. The number of fused-ring (bicyclic) bond motifs is 1. The van der Waals surface area contributed by atoms with Gasteiger partial charge in [0.2, 0.25) is 0 Å². The molecule has 0 saturated carbocycles. The van der Waals surface area contributed by atoms with E-state index in [9.17, 15) is 4.79 Å². The average Bonchev–Trinajstić information content (AvgIpc) is 3.11. The van der Waals surface area contributed by atoms with Crippen LogP contribution in [-0.2, 0) is 26.1 Å². The van der Waals surface area contributed by atoms with E-state index in [4.69, 9.17) is 0 Å². The van der Waals surface area contributed by atoms with Crippen LogP contribution in [0.4, 0.5) is 0 Å². The summed E-state index contributed by atoms with van der Waals surface area (Å²) in [6.45, 7) is 4.68. The molecule has 0 N–H and O–H groups in total. The molecule has 0 aliphatic carbocycles. The molecule has 0 atom stereocenters. The maximum Gasteiger partial charge on any atom is 0.266 e. The van der Waals surface area contributed by atoms with Crippen LogP contribution in [0.3, 0.4) is 0 Å². The number of hydrogen-bond acceptors (Lipinski definition) is 5. The summed E-state index contributed by atoms with van der Waals surface area (Å²) in [5.41, 5.74) is 4.53. The number of aromatic nitrogens is 5. The summed E-state index contributed by atoms with van der Waals surface area (Å²) in [5.74, 6) is 0.462. The van der Waals surface area contributed by atoms with Gasteiger partial charge in [-0.1, -0.05) is 0 Å². The van der Waals surface area contributed by atoms with Gasteiger partial charge in [0.25, 0.3) is 5.56 Å². The molecule has 0 aromatic carbocycles. The number of pyridine rings is 1. The van der Waals surface area contributed by atoms with Crippen molar-refractivity contribution in [2.24, 2.45) is 5.92 Å². The highest BCUT2D eigenvalue weighted by atomic mass is 16.1. The molecular weight excluding hydrogens is 352 g/mol. The number of rotatable bonds is 5. The highest BCUT2D eigenvalue weighted by Crippen LogP contribution is 2.24. The van der Waals surface area contributed by atoms with Crippen molar-refractivity contribution in [3.05, 3.63) is 64.5 Å². The quantitative estimate of drug-likeness (QED) is 0.681. The van der Waals surface area contributed by atoms with Crippen molar-refractivity contribution in [2.75, 3.05) is 13.1 Å². The molecule has 3 aromatic rings. The minimum atomic E-state index is -0.0399. The van der Waals surface area contributed by atoms with Gasteiger partial charge < -0.3 is 0 Å². The van der Waals surface area contributed by atoms with Crippen LogP contribution in [0.5, 0.6) is 0 Å². The first-order valence-corrected chi connectivity index (χ1v) is 10.0. The highest BCUT2D eigenvalue weighted by Gasteiger charge is 2.29. The Morgan fingerprint density at radius 2 is 1.93 bits per heavy atom. The molecule has 5 rings (SSSR count). The van der Waals surface area contributed by atoms with Crippen molar-refractivity contribution in [3.63, 3.8) is 0 Å². The molecular formula is C21H24N6O. The van der Waals surface area contributed by atoms with Crippen LogP contribution < -0.4 is 5.56 Å². The summed E-state index contributed by atoms with van der Waals surface area (Å²) in [5, 5.41) is 9.10. The van der Waals surface area contributed by atoms with Crippen LogP contribution >= 0.6 is 0 Å². The van der Waals surface area contributed by atoms with E-state index in [-0.39, 0.29) is 5.56 Å². The zero-order chi connectivity index (χ0) is 18.9. The largest absolute Gasteiger partial charge is 0.298 e. The lowest BCUT2D eigenvalue weighted by atomic mass is 9.98. The summed E-state index contributed by atoms with van der Waals surface area (Å²) >= 11 is 0. The average molecular weight is 376 g/mol. The summed E-state index contributed by atoms with van der Waals surface area (Å²) in [4.78, 5) is 18.7. The van der Waals surface area contributed by atoms with Gasteiger partial charge in [-0.2, -0.15) is 10.2 Å². The zero-order valence-corrected chi connectivity index (χ0v) is 15.9. The van der Waals surface area contributed by atoms with Gasteiger partial charge in [-0.05, 0) is 37.5 Å². The topological polar surface area (TPSA) is 68.8 Å². The third-order valence-corrected chi connectivity index (χ3v) is 5.77. The molecule has 28 heavy (non-hydrogen) atoms. The number of aryl methyl sites for hydroxylation is 1. The van der Waals surface area contributed by atoms with E-state index in [0.29, 0.717) is 12.5 Å². The Balaban J connectivity index is 1.22. The SMILES string of the molecule is O=c1ccc(-c2ccncc2)nn1CC1CN(Cc2cnn3c2CCCC3)C1. The summed E-state index contributed by atoms with van der Waals surface area (Å²) < 4.78 is 3.78. The first-order valence-electron chi connectivity index (χ1n) is 10.0. The van der Waals surface area contributed by atoms with Crippen LogP contribution in [0.2, 0.25) is 0 Å². The highest BCUT2D eigenvalue weighted by molar-refractivity contribution is 5.56. The lowest BCUT2D eigenvalue weighted by Crippen LogP contribution is -2.49. The van der Waals surface area contributed by atoms with E-state index in [1.807, 2.05) is 18.3 Å². The second-order valence-electron chi connectivity index (χ2n) is 7.83. The Labute approximate surface area is 163 Å². The second-order valence-corrected chi connectivity index (χ2v) is 7.83. The van der Waals surface area contributed by atoms with Crippen molar-refractivity contribution in [1.82, 2.24) is 29.4 Å². The van der Waals surface area contributed by atoms with E-state index in [0.717, 1.165) is 43.9 Å². The van der Waals surface area contributed by atoms with E-state index in [1.165, 1.54) is 24.1 Å². The standard InChI is InChI=1S/C21H24N6O/c28-21-5-4-19(17-6-8-22-9-7-17)24-27(21)14-16-12-25(13-16)15-18-11-23-26-10-2-1-3-20(18)26/h4-9,11,16H,1-3,10,12-15H2. The molecule has 1 fully saturated rings. The van der Waals surface area contributed by atoms with Crippen LogP contribution in [0, 0.1) is 5.92 Å². The van der Waals surface area contributed by atoms with Gasteiger partial charge >= 0.3 is 0 Å². The first-order chi connectivity index (χ1) is 13.8. The fourth-order valence-electron chi connectivity index (χ4n) is 4.28. The fourth-order valence-corrected chi connectivity index (χ4v) is 4.28. The molecule has 0 radical (unpaired) electrons. The van der Waals surface area contributed by atoms with Gasteiger partial charge in [-0.3, -0.25) is 19.4 Å². The molecule has 2 aliphatic rings. The Kier molecular flexibility index (Phi) is 4.52. The van der Waals surface area contributed by atoms with Crippen LogP contribution in [-0.4, -0.2) is 42.5 Å². The van der Waals surface area contributed by atoms with E-state index < -0.39 is 0 Å². The van der Waals surface area contributed by atoms with Crippen LogP contribution in [0.1, 0.15) is 24.1 Å². The Morgan fingerprint density at radius 1 is 1.07 bits per heavy atom. The number of nitrogens with zero attached hydrogens (tertiary/aromatic N) is 6. The summed E-state index contributed by atoms with van der Waals surface area (Å²) in [6, 6.07) is 7.21. The smallest absolute Gasteiger partial charge is 0.266 e. The molecule has 0 spiro atoms. The first kappa shape index (κ1) is 17.3. The molecule has 2 aliphatic heterocycles. The molecule has 0 amide bonds. The second kappa shape index (κ2) is 7.31. The molecule has 1 saturated heterocycles. The van der Waals surface area contributed by atoms with E-state index >= 15 is 0 Å². The molecule has 0 bridgehead atoms. The minimum absolute atomic E-state index is 0.0399. The van der Waals surface area contributed by atoms with Gasteiger partial charge in [0, 0.05) is 67.4 Å². The van der Waals surface area contributed by atoms with E-state index in [1.54, 1.807) is 29.2 Å². The third-order valence-electron chi connectivity index (χ3n) is 5.77. The van der Waals surface area contributed by atoms with Crippen molar-refractivity contribution in [1.29, 1.82) is 0 Å². The van der Waals surface area contributed by atoms with Crippen LogP contribution in [0.25, 0.3) is 11.3 Å². The maximum absolute atomic E-state index is 12.2. The normalized spacial score (nSPS) is 17.3. The Hall–Kier alpha value is -2.80. The molecule has 0 unspecified atom stereocenters. The van der Waals surface area contributed by atoms with Gasteiger partial charge in [0.15, 0.2) is 0 Å². The Bertz CT molecular complexity index is 1020. The summed E-state index contributed by atoms with van der Waals surface area (Å²) in [6.07, 6.45) is 9.17. The van der Waals surface area contributed by atoms with Gasteiger partial charge in [-0.15, -0.1) is 0 Å². The molecule has 7 nitrogen and oxygen atoms in total. The Morgan fingerprint density at radius 3 is 2.79 bits per heavy atom. The van der Waals surface area contributed by atoms with Gasteiger partial charge in [-0.25, -0.2) is 4.68 Å². The molecule has 7 heteroatoms. The molecule has 144 valence electrons. The summed E-state index contributed by atoms with van der Waals surface area (Å²) in [7, 11) is 0. The lowest BCUT2D eigenvalue weighted by molar-refractivity contribution is 0.0763. The molecule has 5 heterocycles. The zero-order valence-electron chi connectivity index (χ0n) is 15.9. The lowest BCUT2D eigenvalue weighted by Gasteiger charge is -2.39. The maximum atomic E-state index is 12.2. The van der Waals surface area contributed by atoms with Crippen molar-refractivity contribution in [3.8, 4) is 11.3 Å². The van der Waals surface area contributed by atoms with Crippen molar-refractivity contribution < 1.29 is 0 Å². The number of likely N-dealkylation sites (tertiary alicyclic amines) is 1. The van der Waals surface area contributed by atoms with E-state index in [2.05, 4.69) is 24.8 Å². The van der Waals surface area contributed by atoms with Gasteiger partial charge in [0.05, 0.1) is 18.4 Å². The molecule has 3 aromatic heterocycles. The minimum Gasteiger partial charge on any atom is -0.298 e. The van der Waals surface area contributed by atoms with Crippen molar-refractivity contribution >= 4 is 0 Å². The predicted octanol–water partition coefficient (Wildman–Crippen LogP) is 1.97. The predicted molar refractivity (Wildman–Crippen MR) is 106 cm³/mol. The third kappa shape index (κ3) is 3.38. The van der Waals surface area contributed by atoms with Crippen molar-refractivity contribution in [2.45, 2.75) is 38.9 Å².